The molecule has 2 aliphatic rings. The molecule has 0 radical (unpaired) electrons. The fraction of sp³-hybridized carbons (Fsp3) is 0.118. The maximum atomic E-state index is 2.53. The van der Waals surface area contributed by atoms with E-state index in [9.17, 15) is 0 Å². The van der Waals surface area contributed by atoms with Crippen molar-refractivity contribution in [1.82, 2.24) is 0 Å². The van der Waals surface area contributed by atoms with Crippen LogP contribution in [0.4, 0.5) is 17.1 Å². The SMILES string of the molecule is CC(C)(C)c1cc(-c2ccccc2)c2c(c1)-c1ccc(N(c3ccc(-c4cccc5c4sc4ccccc45)cc3)c3ccc4c(c3)C(C)(C)c3ccccc3-4)cc1C2(c1ccccc1)c1ccccc1. The minimum Gasteiger partial charge on any atom is -0.310 e. The number of thiophene rings is 1. The van der Waals surface area contributed by atoms with Crippen molar-refractivity contribution in [2.24, 2.45) is 0 Å². The highest BCUT2D eigenvalue weighted by Crippen LogP contribution is 2.61. The zero-order valence-corrected chi connectivity index (χ0v) is 41.1. The van der Waals surface area contributed by atoms with Crippen molar-refractivity contribution in [2.45, 2.75) is 50.9 Å². The van der Waals surface area contributed by atoms with E-state index in [4.69, 9.17) is 0 Å². The summed E-state index contributed by atoms with van der Waals surface area (Å²) < 4.78 is 2.65. The summed E-state index contributed by atoms with van der Waals surface area (Å²) in [6.07, 6.45) is 0. The van der Waals surface area contributed by atoms with Gasteiger partial charge >= 0.3 is 0 Å². The Hall–Kier alpha value is -7.78. The highest BCUT2D eigenvalue weighted by atomic mass is 32.1. The molecule has 0 spiro atoms. The molecule has 336 valence electrons. The molecular formula is C68H53NS. The predicted octanol–water partition coefficient (Wildman–Crippen LogP) is 18.8. The second-order valence-corrected chi connectivity index (χ2v) is 21.9. The first-order chi connectivity index (χ1) is 34.1. The van der Waals surface area contributed by atoms with E-state index in [1.165, 1.54) is 104 Å². The zero-order chi connectivity index (χ0) is 47.4. The Morgan fingerprint density at radius 3 is 1.59 bits per heavy atom. The molecule has 1 nitrogen and oxygen atoms in total. The van der Waals surface area contributed by atoms with Gasteiger partial charge in [0.25, 0.3) is 0 Å². The minimum absolute atomic E-state index is 0.0735. The van der Waals surface area contributed by atoms with E-state index >= 15 is 0 Å². The number of rotatable bonds is 7. The van der Waals surface area contributed by atoms with E-state index in [2.05, 4.69) is 270 Å². The summed E-state index contributed by atoms with van der Waals surface area (Å²) in [5.74, 6) is 0. The predicted molar refractivity (Wildman–Crippen MR) is 298 cm³/mol. The van der Waals surface area contributed by atoms with Gasteiger partial charge < -0.3 is 4.90 Å². The standard InChI is InChI=1S/C68H53NS/c1-66(2,3)48-40-58(44-20-9-6-10-21-44)64-59(41-48)55-39-37-51(43-62(55)68(64,46-22-11-7-12-23-46)47-24-13-8-14-25-47)69(50-36-38-54-53-26-15-17-30-60(53)67(4,5)61(54)42-50)49-34-32-45(33-35-49)52-28-19-29-57-56-27-16-18-31-63(56)70-65(52)57/h6-43H,1-5H3. The van der Waals surface area contributed by atoms with E-state index in [0.717, 1.165) is 17.1 Å². The molecule has 1 aromatic heterocycles. The Balaban J connectivity index is 1.07. The second-order valence-electron chi connectivity index (χ2n) is 20.8. The highest BCUT2D eigenvalue weighted by Gasteiger charge is 2.49. The molecule has 0 aliphatic heterocycles. The highest BCUT2D eigenvalue weighted by molar-refractivity contribution is 7.26. The third-order valence-electron chi connectivity index (χ3n) is 15.5. The molecule has 70 heavy (non-hydrogen) atoms. The van der Waals surface area contributed by atoms with Crippen molar-refractivity contribution >= 4 is 48.6 Å². The monoisotopic (exact) mass is 915 g/mol. The summed E-state index contributed by atoms with van der Waals surface area (Å²) in [6, 6.07) is 86.9. The van der Waals surface area contributed by atoms with Crippen LogP contribution < -0.4 is 4.90 Å². The number of anilines is 3. The second kappa shape index (κ2) is 15.9. The summed E-state index contributed by atoms with van der Waals surface area (Å²) in [4.78, 5) is 2.51. The van der Waals surface area contributed by atoms with Crippen molar-refractivity contribution < 1.29 is 0 Å². The van der Waals surface area contributed by atoms with Gasteiger partial charge in [-0.25, -0.2) is 0 Å². The fourth-order valence-corrected chi connectivity index (χ4v) is 13.3. The van der Waals surface area contributed by atoms with Crippen molar-refractivity contribution in [2.75, 3.05) is 4.90 Å². The molecule has 0 fully saturated rings. The summed E-state index contributed by atoms with van der Waals surface area (Å²) in [5, 5.41) is 2.63. The van der Waals surface area contributed by atoms with Crippen LogP contribution in [-0.2, 0) is 16.2 Å². The average molecular weight is 916 g/mol. The third-order valence-corrected chi connectivity index (χ3v) is 16.7. The quantitative estimate of drug-likeness (QED) is 0.154. The lowest BCUT2D eigenvalue weighted by atomic mass is 9.65. The normalized spacial score (nSPS) is 14.0. The van der Waals surface area contributed by atoms with Crippen LogP contribution in [0.15, 0.2) is 231 Å². The lowest BCUT2D eigenvalue weighted by Gasteiger charge is -2.36. The summed E-state index contributed by atoms with van der Waals surface area (Å²) in [5.41, 5.74) is 21.9. The van der Waals surface area contributed by atoms with E-state index in [1.54, 1.807) is 0 Å². The molecule has 0 unspecified atom stereocenters. The van der Waals surface area contributed by atoms with Crippen molar-refractivity contribution in [3.05, 3.63) is 269 Å². The van der Waals surface area contributed by atoms with Gasteiger partial charge in [0.05, 0.1) is 5.41 Å². The summed E-state index contributed by atoms with van der Waals surface area (Å²) in [7, 11) is 0. The van der Waals surface area contributed by atoms with Crippen LogP contribution in [-0.4, -0.2) is 0 Å². The Kier molecular flexibility index (Phi) is 9.61. The van der Waals surface area contributed by atoms with Crippen LogP contribution >= 0.6 is 11.3 Å². The first-order valence-electron chi connectivity index (χ1n) is 24.7. The van der Waals surface area contributed by atoms with Crippen molar-refractivity contribution in [3.63, 3.8) is 0 Å². The van der Waals surface area contributed by atoms with Gasteiger partial charge in [0.1, 0.15) is 0 Å². The van der Waals surface area contributed by atoms with Gasteiger partial charge in [-0.2, -0.15) is 0 Å². The van der Waals surface area contributed by atoms with Gasteiger partial charge in [-0.05, 0) is 131 Å². The maximum Gasteiger partial charge on any atom is 0.0720 e. The van der Waals surface area contributed by atoms with Gasteiger partial charge in [0, 0.05) is 42.6 Å². The van der Waals surface area contributed by atoms with E-state index in [0.29, 0.717) is 0 Å². The van der Waals surface area contributed by atoms with Crippen LogP contribution in [0.3, 0.4) is 0 Å². The van der Waals surface area contributed by atoms with Crippen LogP contribution in [0.25, 0.3) is 64.7 Å². The Morgan fingerprint density at radius 2 is 0.900 bits per heavy atom. The number of fused-ring (bicyclic) bond motifs is 9. The smallest absolute Gasteiger partial charge is 0.0720 e. The number of hydrogen-bond acceptors (Lipinski definition) is 2. The Labute approximate surface area is 416 Å². The summed E-state index contributed by atoms with van der Waals surface area (Å²) in [6.45, 7) is 11.8. The molecule has 0 atom stereocenters. The molecule has 13 rings (SSSR count). The van der Waals surface area contributed by atoms with Crippen LogP contribution in [0.2, 0.25) is 0 Å². The lowest BCUT2D eigenvalue weighted by Crippen LogP contribution is -2.29. The molecule has 10 aromatic carbocycles. The third kappa shape index (κ3) is 6.36. The van der Waals surface area contributed by atoms with Crippen molar-refractivity contribution in [1.29, 1.82) is 0 Å². The van der Waals surface area contributed by atoms with E-state index < -0.39 is 5.41 Å². The molecule has 1 heterocycles. The number of hydrogen-bond donors (Lipinski definition) is 0. The topological polar surface area (TPSA) is 3.24 Å². The molecule has 0 saturated heterocycles. The molecular weight excluding hydrogens is 863 g/mol. The molecule has 0 saturated carbocycles. The number of benzene rings is 10. The lowest BCUT2D eigenvalue weighted by molar-refractivity contribution is 0.590. The van der Waals surface area contributed by atoms with Crippen LogP contribution in [0.5, 0.6) is 0 Å². The van der Waals surface area contributed by atoms with Gasteiger partial charge in [-0.15, -0.1) is 11.3 Å². The first-order valence-corrected chi connectivity index (χ1v) is 25.5. The first kappa shape index (κ1) is 42.3. The van der Waals surface area contributed by atoms with Gasteiger partial charge in [-0.3, -0.25) is 0 Å². The average Bonchev–Trinajstić information content (AvgIpc) is 4.00. The zero-order valence-electron chi connectivity index (χ0n) is 40.3. The molecule has 0 amide bonds. The number of nitrogens with zero attached hydrogens (tertiary/aromatic N) is 1. The Bertz CT molecular complexity index is 3780. The molecule has 0 N–H and O–H groups in total. The molecule has 0 bridgehead atoms. The fourth-order valence-electron chi connectivity index (χ4n) is 12.1. The molecule has 11 aromatic rings. The van der Waals surface area contributed by atoms with E-state index in [-0.39, 0.29) is 10.8 Å². The van der Waals surface area contributed by atoms with Crippen molar-refractivity contribution in [3.8, 4) is 44.5 Å². The molecule has 2 heteroatoms. The van der Waals surface area contributed by atoms with Gasteiger partial charge in [0.2, 0.25) is 0 Å². The Morgan fingerprint density at radius 1 is 0.386 bits per heavy atom. The summed E-state index contributed by atoms with van der Waals surface area (Å²) >= 11 is 1.89. The van der Waals surface area contributed by atoms with Crippen LogP contribution in [0, 0.1) is 0 Å². The van der Waals surface area contributed by atoms with E-state index in [1.807, 2.05) is 11.3 Å². The van der Waals surface area contributed by atoms with Crippen LogP contribution in [0.1, 0.15) is 73.6 Å². The maximum absolute atomic E-state index is 2.53. The largest absolute Gasteiger partial charge is 0.310 e. The van der Waals surface area contributed by atoms with Gasteiger partial charge in [0.15, 0.2) is 0 Å². The minimum atomic E-state index is -0.634. The molecule has 2 aliphatic carbocycles. The van der Waals surface area contributed by atoms with Gasteiger partial charge in [-0.1, -0.05) is 223 Å².